The van der Waals surface area contributed by atoms with Gasteiger partial charge in [-0.15, -0.1) is 0 Å². The molecule has 6 nitrogen and oxygen atoms in total. The van der Waals surface area contributed by atoms with Crippen molar-refractivity contribution in [1.29, 1.82) is 0 Å². The number of nitrogens with one attached hydrogen (secondary N) is 1. The summed E-state index contributed by atoms with van der Waals surface area (Å²) in [7, 11) is 2.10. The Balaban J connectivity index is 2.00. The van der Waals surface area contributed by atoms with Gasteiger partial charge in [-0.3, -0.25) is 15.0 Å². The van der Waals surface area contributed by atoms with Gasteiger partial charge in [0.15, 0.2) is 0 Å². The minimum absolute atomic E-state index is 0.0428. The molecule has 0 saturated heterocycles. The van der Waals surface area contributed by atoms with Crippen molar-refractivity contribution in [3.05, 3.63) is 27.9 Å². The van der Waals surface area contributed by atoms with Crippen molar-refractivity contribution < 1.29 is 4.92 Å². The molecule has 1 aromatic heterocycles. The highest BCUT2D eigenvalue weighted by Crippen LogP contribution is 2.27. The number of aryl methyl sites for hydroxylation is 1. The van der Waals surface area contributed by atoms with Gasteiger partial charge in [-0.25, -0.2) is 4.98 Å². The summed E-state index contributed by atoms with van der Waals surface area (Å²) in [6, 6.07) is 2.55. The van der Waals surface area contributed by atoms with Gasteiger partial charge in [-0.05, 0) is 39.3 Å². The van der Waals surface area contributed by atoms with E-state index in [1.54, 1.807) is 19.2 Å². The lowest BCUT2D eigenvalue weighted by molar-refractivity contribution is -0.384. The van der Waals surface area contributed by atoms with Crippen LogP contribution in [0.2, 0.25) is 0 Å². The van der Waals surface area contributed by atoms with Gasteiger partial charge in [0.1, 0.15) is 0 Å². The van der Waals surface area contributed by atoms with Crippen LogP contribution in [-0.4, -0.2) is 40.5 Å². The zero-order chi connectivity index (χ0) is 14.0. The smallest absolute Gasteiger partial charge is 0.311 e. The fourth-order valence-electron chi connectivity index (χ4n) is 2.06. The monoisotopic (exact) mass is 264 g/mol. The van der Waals surface area contributed by atoms with Crippen LogP contribution in [0.1, 0.15) is 25.3 Å². The molecule has 0 bridgehead atoms. The van der Waals surface area contributed by atoms with Gasteiger partial charge in [0.25, 0.3) is 0 Å². The lowest BCUT2D eigenvalue weighted by Gasteiger charge is -2.24. The van der Waals surface area contributed by atoms with E-state index in [1.807, 2.05) is 0 Å². The van der Waals surface area contributed by atoms with E-state index in [9.17, 15) is 10.1 Å². The zero-order valence-corrected chi connectivity index (χ0v) is 11.6. The molecule has 1 saturated carbocycles. The minimum Gasteiger partial charge on any atom is -0.363 e. The van der Waals surface area contributed by atoms with Crippen LogP contribution in [-0.2, 0) is 0 Å². The third kappa shape index (κ3) is 3.41. The molecule has 0 aromatic carbocycles. The van der Waals surface area contributed by atoms with Gasteiger partial charge in [0, 0.05) is 30.9 Å². The van der Waals surface area contributed by atoms with Crippen molar-refractivity contribution in [2.45, 2.75) is 38.8 Å². The summed E-state index contributed by atoms with van der Waals surface area (Å²) in [5, 5.41) is 14.1. The first-order chi connectivity index (χ1) is 8.99. The summed E-state index contributed by atoms with van der Waals surface area (Å²) in [5.41, 5.74) is 0.835. The molecule has 1 aliphatic rings. The van der Waals surface area contributed by atoms with Crippen LogP contribution in [0.25, 0.3) is 0 Å². The number of likely N-dealkylation sites (N-methyl/N-ethyl adjacent to an activating group) is 1. The van der Waals surface area contributed by atoms with Gasteiger partial charge in [0.05, 0.1) is 4.92 Å². The van der Waals surface area contributed by atoms with Gasteiger partial charge in [-0.2, -0.15) is 0 Å². The molecule has 104 valence electrons. The Hall–Kier alpha value is -1.69. The molecule has 6 heteroatoms. The molecule has 0 aliphatic heterocycles. The molecule has 2 rings (SSSR count). The molecular weight excluding hydrogens is 244 g/mol. The summed E-state index contributed by atoms with van der Waals surface area (Å²) in [5.74, 6) is 0.353. The van der Waals surface area contributed by atoms with E-state index in [-0.39, 0.29) is 5.69 Å². The van der Waals surface area contributed by atoms with Crippen LogP contribution in [0.5, 0.6) is 0 Å². The normalized spacial score (nSPS) is 16.4. The Bertz CT molecular complexity index is 474. The topological polar surface area (TPSA) is 71.3 Å². The Morgan fingerprint density at radius 2 is 2.32 bits per heavy atom. The van der Waals surface area contributed by atoms with Crippen LogP contribution in [0.15, 0.2) is 12.3 Å². The van der Waals surface area contributed by atoms with Crippen molar-refractivity contribution in [3.63, 3.8) is 0 Å². The highest BCUT2D eigenvalue weighted by atomic mass is 16.6. The van der Waals surface area contributed by atoms with E-state index in [0.29, 0.717) is 24.4 Å². The summed E-state index contributed by atoms with van der Waals surface area (Å²) >= 11 is 0. The molecule has 1 aliphatic carbocycles. The Morgan fingerprint density at radius 1 is 1.63 bits per heavy atom. The van der Waals surface area contributed by atoms with Crippen molar-refractivity contribution in [1.82, 2.24) is 9.88 Å². The lowest BCUT2D eigenvalue weighted by atomic mass is 10.2. The molecule has 0 amide bonds. The number of anilines is 1. The highest BCUT2D eigenvalue weighted by molar-refractivity contribution is 5.56. The fraction of sp³-hybridized carbons (Fsp3) is 0.615. The molecule has 1 aromatic rings. The second kappa shape index (κ2) is 5.52. The first kappa shape index (κ1) is 13.7. The largest absolute Gasteiger partial charge is 0.363 e. The molecule has 1 atom stereocenters. The summed E-state index contributed by atoms with van der Waals surface area (Å²) in [6.07, 6.45) is 4.15. The number of rotatable bonds is 6. The molecule has 0 spiro atoms. The standard InChI is InChI=1S/C13H20N4O2/c1-9-6-12(17(18)19)13(14-7-9)15-8-10(2)16(3)11-4-5-11/h6-7,10-11H,4-5,8H2,1-3H3,(H,14,15). The molecule has 1 N–H and O–H groups in total. The maximum atomic E-state index is 11.0. The van der Waals surface area contributed by atoms with E-state index in [4.69, 9.17) is 0 Å². The first-order valence-electron chi connectivity index (χ1n) is 6.56. The van der Waals surface area contributed by atoms with E-state index < -0.39 is 4.92 Å². The molecular formula is C13H20N4O2. The number of hydrogen-bond acceptors (Lipinski definition) is 5. The number of hydrogen-bond donors (Lipinski definition) is 1. The highest BCUT2D eigenvalue weighted by Gasteiger charge is 2.29. The average molecular weight is 264 g/mol. The van der Waals surface area contributed by atoms with Crippen LogP contribution in [0, 0.1) is 17.0 Å². The van der Waals surface area contributed by atoms with E-state index >= 15 is 0 Å². The fourth-order valence-corrected chi connectivity index (χ4v) is 2.06. The van der Waals surface area contributed by atoms with Crippen LogP contribution in [0.3, 0.4) is 0 Å². The summed E-state index contributed by atoms with van der Waals surface area (Å²) in [4.78, 5) is 17.0. The number of nitrogens with zero attached hydrogens (tertiary/aromatic N) is 3. The van der Waals surface area contributed by atoms with Crippen LogP contribution < -0.4 is 5.32 Å². The van der Waals surface area contributed by atoms with Crippen molar-refractivity contribution in [2.75, 3.05) is 18.9 Å². The van der Waals surface area contributed by atoms with Gasteiger partial charge < -0.3 is 5.32 Å². The second-order valence-electron chi connectivity index (χ2n) is 5.26. The Labute approximate surface area is 113 Å². The first-order valence-corrected chi connectivity index (χ1v) is 6.56. The lowest BCUT2D eigenvalue weighted by Crippen LogP contribution is -2.36. The number of aromatic nitrogens is 1. The Kier molecular flexibility index (Phi) is 3.99. The third-order valence-corrected chi connectivity index (χ3v) is 3.58. The van der Waals surface area contributed by atoms with Crippen LogP contribution in [0.4, 0.5) is 11.5 Å². The molecule has 1 heterocycles. The minimum atomic E-state index is -0.391. The SMILES string of the molecule is Cc1cnc(NCC(C)N(C)C2CC2)c([N+](=O)[O-])c1. The van der Waals surface area contributed by atoms with E-state index in [1.165, 1.54) is 12.8 Å². The predicted molar refractivity (Wildman–Crippen MR) is 74.4 cm³/mol. The van der Waals surface area contributed by atoms with Gasteiger partial charge in [-0.1, -0.05) is 0 Å². The van der Waals surface area contributed by atoms with Crippen molar-refractivity contribution in [2.24, 2.45) is 0 Å². The second-order valence-corrected chi connectivity index (χ2v) is 5.26. The van der Waals surface area contributed by atoms with Crippen LogP contribution >= 0.6 is 0 Å². The quantitative estimate of drug-likeness (QED) is 0.630. The molecule has 1 unspecified atom stereocenters. The van der Waals surface area contributed by atoms with Gasteiger partial charge in [0.2, 0.25) is 5.82 Å². The van der Waals surface area contributed by atoms with Gasteiger partial charge >= 0.3 is 5.69 Å². The number of nitro groups is 1. The Morgan fingerprint density at radius 3 is 2.89 bits per heavy atom. The average Bonchev–Trinajstić information content (AvgIpc) is 3.20. The maximum Gasteiger partial charge on any atom is 0.311 e. The summed E-state index contributed by atoms with van der Waals surface area (Å²) in [6.45, 7) is 4.57. The van der Waals surface area contributed by atoms with Crippen molar-refractivity contribution >= 4 is 11.5 Å². The zero-order valence-electron chi connectivity index (χ0n) is 11.6. The van der Waals surface area contributed by atoms with E-state index in [2.05, 4.69) is 29.2 Å². The third-order valence-electron chi connectivity index (χ3n) is 3.58. The maximum absolute atomic E-state index is 11.0. The predicted octanol–water partition coefficient (Wildman–Crippen LogP) is 2.19. The number of pyridine rings is 1. The molecule has 1 fully saturated rings. The molecule has 0 radical (unpaired) electrons. The van der Waals surface area contributed by atoms with E-state index in [0.717, 1.165) is 5.56 Å². The van der Waals surface area contributed by atoms with Crippen molar-refractivity contribution in [3.8, 4) is 0 Å². The summed E-state index contributed by atoms with van der Waals surface area (Å²) < 4.78 is 0. The molecule has 19 heavy (non-hydrogen) atoms.